The van der Waals surface area contributed by atoms with Crippen LogP contribution in [0.1, 0.15) is 0 Å². The summed E-state index contributed by atoms with van der Waals surface area (Å²) < 4.78 is 5.01. The van der Waals surface area contributed by atoms with Crippen molar-refractivity contribution in [1.29, 1.82) is 0 Å². The molecule has 0 atom stereocenters. The van der Waals surface area contributed by atoms with Gasteiger partial charge in [-0.3, -0.25) is 0 Å². The van der Waals surface area contributed by atoms with E-state index in [4.69, 9.17) is 0 Å². The molecular weight excluding hydrogens is 993 g/mol. The fourth-order valence-corrected chi connectivity index (χ4v) is 12.4. The molecule has 0 aliphatic carbocycles. The number of nitrogens with zero attached hydrogens (tertiary/aromatic N) is 4. The number of hydrogen-bond acceptors (Lipinski definition) is 2. The predicted molar refractivity (Wildman–Crippen MR) is 346 cm³/mol. The van der Waals surface area contributed by atoms with Gasteiger partial charge in [-0.1, -0.05) is 218 Å². The van der Waals surface area contributed by atoms with E-state index in [2.05, 4.69) is 347 Å². The predicted octanol–water partition coefficient (Wildman–Crippen LogP) is 21.5. The first-order valence-corrected chi connectivity index (χ1v) is 28.1. The minimum atomic E-state index is 1.07. The molecule has 4 nitrogen and oxygen atoms in total. The van der Waals surface area contributed by atoms with Gasteiger partial charge < -0.3 is 18.9 Å². The molecule has 386 valence electrons. The summed E-state index contributed by atoms with van der Waals surface area (Å²) in [5.41, 5.74) is 22.6. The lowest BCUT2D eigenvalue weighted by atomic mass is 9.86. The third-order valence-corrected chi connectivity index (χ3v) is 16.1. The minimum Gasteiger partial charge on any atom is -0.311 e. The maximum atomic E-state index is 2.51. The molecule has 13 aromatic carbocycles. The standard InChI is InChI=1S/C78H54N4/c1-7-23-55(24-8-1)57-39-47-65(48-40-57)79(61-27-11-3-12-28-61)67-51-43-59(44-52-67)73-74(60-45-53-68(54-46-60)80(62-29-13-4-14-30-62)66-49-41-58(42-50-66)56-25-9-2-10-26-56)76-70-36-20-22-38-72(70)82(64-33-17-6-18-34-64)78(76)77-75(73)69-35-19-21-37-71(69)81(77)63-31-15-5-16-32-63/h1-54H. The van der Waals surface area contributed by atoms with Gasteiger partial charge in [-0.25, -0.2) is 0 Å². The van der Waals surface area contributed by atoms with Crippen molar-refractivity contribution in [3.63, 3.8) is 0 Å². The molecule has 0 fully saturated rings. The SMILES string of the molecule is c1ccc(-c2ccc(N(c3ccccc3)c3ccc(-c4c(-c5ccc(N(c6ccccc6)c6ccc(-c7ccccc7)cc6)cc5)c5c6ccccc6n(-c6ccccc6)c5c5c4c4ccccc4n5-c4ccccc4)cc3)cc2)cc1. The Hall–Kier alpha value is -10.9. The maximum Gasteiger partial charge on any atom is 0.0795 e. The van der Waals surface area contributed by atoms with E-state index in [1.54, 1.807) is 0 Å². The van der Waals surface area contributed by atoms with Crippen LogP contribution in [0, 0.1) is 0 Å². The zero-order valence-electron chi connectivity index (χ0n) is 45.0. The summed E-state index contributed by atoms with van der Waals surface area (Å²) >= 11 is 0. The molecule has 0 spiro atoms. The molecule has 0 unspecified atom stereocenters. The summed E-state index contributed by atoms with van der Waals surface area (Å²) in [6.45, 7) is 0. The van der Waals surface area contributed by atoms with Crippen molar-refractivity contribution in [1.82, 2.24) is 9.13 Å². The lowest BCUT2D eigenvalue weighted by Gasteiger charge is -2.26. The van der Waals surface area contributed by atoms with Gasteiger partial charge in [-0.2, -0.15) is 0 Å². The third kappa shape index (κ3) is 8.41. The molecule has 0 saturated carbocycles. The molecule has 0 saturated heterocycles. The van der Waals surface area contributed by atoms with E-state index in [9.17, 15) is 0 Å². The number of benzene rings is 13. The molecular formula is C78H54N4. The van der Waals surface area contributed by atoms with Gasteiger partial charge in [0.25, 0.3) is 0 Å². The van der Waals surface area contributed by atoms with Gasteiger partial charge in [-0.15, -0.1) is 0 Å². The molecule has 82 heavy (non-hydrogen) atoms. The number of fused-ring (bicyclic) bond motifs is 7. The molecule has 15 aromatic rings. The second-order valence-corrected chi connectivity index (χ2v) is 20.8. The summed E-state index contributed by atoms with van der Waals surface area (Å²) in [6.07, 6.45) is 0. The monoisotopic (exact) mass is 1050 g/mol. The van der Waals surface area contributed by atoms with Crippen LogP contribution in [0.25, 0.3) is 99.5 Å². The Bertz CT molecular complexity index is 4400. The first-order valence-electron chi connectivity index (χ1n) is 28.1. The average Bonchev–Trinajstić information content (AvgIpc) is 2.39. The van der Waals surface area contributed by atoms with Crippen LogP contribution in [-0.4, -0.2) is 9.13 Å². The van der Waals surface area contributed by atoms with Gasteiger partial charge >= 0.3 is 0 Å². The second kappa shape index (κ2) is 20.7. The summed E-state index contributed by atoms with van der Waals surface area (Å²) in [5, 5.41) is 4.76. The summed E-state index contributed by atoms with van der Waals surface area (Å²) in [5.74, 6) is 0. The Labute approximate surface area is 477 Å². The highest BCUT2D eigenvalue weighted by Crippen LogP contribution is 2.53. The van der Waals surface area contributed by atoms with Crippen LogP contribution in [0.2, 0.25) is 0 Å². The molecule has 0 aliphatic heterocycles. The van der Waals surface area contributed by atoms with Crippen LogP contribution in [0.4, 0.5) is 34.1 Å². The smallest absolute Gasteiger partial charge is 0.0795 e. The van der Waals surface area contributed by atoms with Crippen molar-refractivity contribution in [2.45, 2.75) is 0 Å². The van der Waals surface area contributed by atoms with Crippen molar-refractivity contribution < 1.29 is 0 Å². The van der Waals surface area contributed by atoms with Gasteiger partial charge in [0.05, 0.1) is 22.1 Å². The fourth-order valence-electron chi connectivity index (χ4n) is 12.4. The average molecular weight is 1050 g/mol. The molecule has 15 rings (SSSR count). The zero-order valence-corrected chi connectivity index (χ0v) is 45.0. The van der Waals surface area contributed by atoms with E-state index in [0.717, 1.165) is 78.7 Å². The van der Waals surface area contributed by atoms with Crippen molar-refractivity contribution in [2.75, 3.05) is 9.80 Å². The number of anilines is 6. The van der Waals surface area contributed by atoms with Crippen LogP contribution < -0.4 is 9.80 Å². The molecule has 4 heteroatoms. The van der Waals surface area contributed by atoms with Crippen LogP contribution >= 0.6 is 0 Å². The van der Waals surface area contributed by atoms with Crippen molar-refractivity contribution in [2.24, 2.45) is 0 Å². The second-order valence-electron chi connectivity index (χ2n) is 20.8. The molecule has 0 N–H and O–H groups in total. The summed E-state index contributed by atoms with van der Waals surface area (Å²) in [6, 6.07) is 119. The zero-order chi connectivity index (χ0) is 54.3. The van der Waals surface area contributed by atoms with Gasteiger partial charge in [-0.05, 0) is 143 Å². The van der Waals surface area contributed by atoms with E-state index >= 15 is 0 Å². The third-order valence-electron chi connectivity index (χ3n) is 16.1. The Kier molecular flexibility index (Phi) is 12.2. The fraction of sp³-hybridized carbons (Fsp3) is 0. The van der Waals surface area contributed by atoms with E-state index in [1.165, 1.54) is 54.9 Å². The summed E-state index contributed by atoms with van der Waals surface area (Å²) in [7, 11) is 0. The number of rotatable bonds is 12. The Balaban J connectivity index is 1.00. The Morgan fingerprint density at radius 2 is 0.439 bits per heavy atom. The quantitative estimate of drug-likeness (QED) is 0.121. The first-order chi connectivity index (χ1) is 40.7. The number of para-hydroxylation sites is 6. The highest BCUT2D eigenvalue weighted by Gasteiger charge is 2.29. The number of hydrogen-bond donors (Lipinski definition) is 0. The molecule has 0 radical (unpaired) electrons. The summed E-state index contributed by atoms with van der Waals surface area (Å²) in [4.78, 5) is 4.72. The normalized spacial score (nSPS) is 11.4. The van der Waals surface area contributed by atoms with E-state index < -0.39 is 0 Å². The van der Waals surface area contributed by atoms with Crippen molar-refractivity contribution in [3.05, 3.63) is 328 Å². The lowest BCUT2D eigenvalue weighted by Crippen LogP contribution is -2.09. The van der Waals surface area contributed by atoms with Gasteiger partial charge in [0.2, 0.25) is 0 Å². The van der Waals surface area contributed by atoms with Gasteiger partial charge in [0, 0.05) is 78.2 Å². The molecule has 0 aliphatic rings. The highest BCUT2D eigenvalue weighted by molar-refractivity contribution is 6.33. The molecule has 0 amide bonds. The topological polar surface area (TPSA) is 16.3 Å². The molecule has 2 heterocycles. The van der Waals surface area contributed by atoms with Crippen LogP contribution in [0.15, 0.2) is 328 Å². The Morgan fingerprint density at radius 1 is 0.195 bits per heavy atom. The van der Waals surface area contributed by atoms with E-state index in [1.807, 2.05) is 0 Å². The Morgan fingerprint density at radius 3 is 0.768 bits per heavy atom. The van der Waals surface area contributed by atoms with Crippen molar-refractivity contribution in [3.8, 4) is 55.9 Å². The van der Waals surface area contributed by atoms with E-state index in [0.29, 0.717) is 0 Å². The van der Waals surface area contributed by atoms with Gasteiger partial charge in [0.15, 0.2) is 0 Å². The highest BCUT2D eigenvalue weighted by atomic mass is 15.1. The van der Waals surface area contributed by atoms with Crippen LogP contribution in [-0.2, 0) is 0 Å². The molecule has 0 bridgehead atoms. The first kappa shape index (κ1) is 48.2. The maximum absolute atomic E-state index is 2.51. The largest absolute Gasteiger partial charge is 0.311 e. The molecule has 2 aromatic heterocycles. The van der Waals surface area contributed by atoms with Crippen molar-refractivity contribution >= 4 is 77.7 Å². The number of aromatic nitrogens is 2. The van der Waals surface area contributed by atoms with Crippen LogP contribution in [0.5, 0.6) is 0 Å². The van der Waals surface area contributed by atoms with E-state index in [-0.39, 0.29) is 0 Å². The van der Waals surface area contributed by atoms with Gasteiger partial charge in [0.1, 0.15) is 0 Å². The minimum absolute atomic E-state index is 1.07. The van der Waals surface area contributed by atoms with Crippen LogP contribution in [0.3, 0.4) is 0 Å². The lowest BCUT2D eigenvalue weighted by molar-refractivity contribution is 1.15.